The zero-order valence-corrected chi connectivity index (χ0v) is 13.9. The van der Waals surface area contributed by atoms with Gasteiger partial charge in [-0.2, -0.15) is 0 Å². The molecule has 1 fully saturated rings. The summed E-state index contributed by atoms with van der Waals surface area (Å²) >= 11 is 6.18. The highest BCUT2D eigenvalue weighted by Crippen LogP contribution is 2.24. The molecule has 0 aliphatic carbocycles. The summed E-state index contributed by atoms with van der Waals surface area (Å²) in [5, 5.41) is 4.31. The summed E-state index contributed by atoms with van der Waals surface area (Å²) in [7, 11) is 0. The quantitative estimate of drug-likeness (QED) is 0.883. The van der Waals surface area contributed by atoms with Gasteiger partial charge in [-0.15, -0.1) is 0 Å². The number of nitrogens with zero attached hydrogens (tertiary/aromatic N) is 2. The zero-order chi connectivity index (χ0) is 15.9. The van der Waals surface area contributed by atoms with Gasteiger partial charge in [-0.3, -0.25) is 9.88 Å². The van der Waals surface area contributed by atoms with Gasteiger partial charge in [0.1, 0.15) is 0 Å². The number of ether oxygens (including phenoxy) is 1. The van der Waals surface area contributed by atoms with Crippen molar-refractivity contribution in [2.75, 3.05) is 32.8 Å². The minimum absolute atomic E-state index is 0.293. The van der Waals surface area contributed by atoms with E-state index < -0.39 is 0 Å². The number of halogens is 1. The second-order valence-electron chi connectivity index (χ2n) is 5.67. The Bertz CT molecular complexity index is 602. The first kappa shape index (κ1) is 16.4. The number of rotatable bonds is 6. The van der Waals surface area contributed by atoms with Crippen molar-refractivity contribution in [3.63, 3.8) is 0 Å². The summed E-state index contributed by atoms with van der Waals surface area (Å²) in [4.78, 5) is 6.82. The first-order chi connectivity index (χ1) is 11.3. The Morgan fingerprint density at radius 1 is 1.17 bits per heavy atom. The molecule has 5 heteroatoms. The molecule has 0 saturated carbocycles. The average Bonchev–Trinajstić information content (AvgIpc) is 2.60. The van der Waals surface area contributed by atoms with Crippen molar-refractivity contribution in [1.82, 2.24) is 15.2 Å². The molecule has 0 amide bonds. The summed E-state index contributed by atoms with van der Waals surface area (Å²) in [6.45, 7) is 5.10. The lowest BCUT2D eigenvalue weighted by Gasteiger charge is -2.35. The molecule has 0 bridgehead atoms. The maximum Gasteiger partial charge on any atom is 0.0594 e. The molecular weight excluding hydrogens is 310 g/mol. The van der Waals surface area contributed by atoms with Gasteiger partial charge >= 0.3 is 0 Å². The summed E-state index contributed by atoms with van der Waals surface area (Å²) < 4.78 is 5.49. The first-order valence-corrected chi connectivity index (χ1v) is 8.38. The van der Waals surface area contributed by atoms with Gasteiger partial charge in [-0.1, -0.05) is 29.8 Å². The molecule has 3 rings (SSSR count). The molecule has 1 aromatic carbocycles. The van der Waals surface area contributed by atoms with Gasteiger partial charge in [0, 0.05) is 43.4 Å². The van der Waals surface area contributed by atoms with Gasteiger partial charge in [0.05, 0.1) is 18.9 Å². The van der Waals surface area contributed by atoms with Crippen LogP contribution in [0.2, 0.25) is 5.02 Å². The van der Waals surface area contributed by atoms with Crippen molar-refractivity contribution in [1.29, 1.82) is 0 Å². The fourth-order valence-electron chi connectivity index (χ4n) is 2.90. The van der Waals surface area contributed by atoms with Gasteiger partial charge in [0.2, 0.25) is 0 Å². The van der Waals surface area contributed by atoms with E-state index in [0.717, 1.165) is 50.1 Å². The van der Waals surface area contributed by atoms with Gasteiger partial charge < -0.3 is 10.1 Å². The smallest absolute Gasteiger partial charge is 0.0594 e. The van der Waals surface area contributed by atoms with E-state index in [0.29, 0.717) is 6.04 Å². The topological polar surface area (TPSA) is 37.4 Å². The van der Waals surface area contributed by atoms with Gasteiger partial charge in [0.15, 0.2) is 0 Å². The molecule has 1 N–H and O–H groups in total. The Hall–Kier alpha value is -1.46. The van der Waals surface area contributed by atoms with Crippen LogP contribution in [0.1, 0.15) is 17.3 Å². The molecule has 4 nitrogen and oxygen atoms in total. The lowest BCUT2D eigenvalue weighted by Crippen LogP contribution is -2.42. The standard InChI is InChI=1S/C18H22ClN3O/c19-16-5-3-4-15(12-16)18(22-8-10-23-11-9-22)14-20-13-17-6-1-2-7-21-17/h1-7,12,18,20H,8-11,13-14H2/t18-/m0/s1. The molecule has 1 aliphatic rings. The number of benzene rings is 1. The fourth-order valence-corrected chi connectivity index (χ4v) is 3.10. The van der Waals surface area contributed by atoms with Crippen molar-refractivity contribution in [3.8, 4) is 0 Å². The minimum Gasteiger partial charge on any atom is -0.379 e. The van der Waals surface area contributed by atoms with Crippen LogP contribution in [-0.2, 0) is 11.3 Å². The monoisotopic (exact) mass is 331 g/mol. The number of hydrogen-bond donors (Lipinski definition) is 1. The predicted molar refractivity (Wildman–Crippen MR) is 92.5 cm³/mol. The molecule has 1 aromatic heterocycles. The average molecular weight is 332 g/mol. The molecule has 1 atom stereocenters. The molecule has 1 aliphatic heterocycles. The fraction of sp³-hybridized carbons (Fsp3) is 0.389. The van der Waals surface area contributed by atoms with Crippen LogP contribution in [0.3, 0.4) is 0 Å². The maximum atomic E-state index is 6.18. The van der Waals surface area contributed by atoms with Crippen molar-refractivity contribution >= 4 is 11.6 Å². The number of hydrogen-bond acceptors (Lipinski definition) is 4. The Kier molecular flexibility index (Phi) is 6.00. The lowest BCUT2D eigenvalue weighted by molar-refractivity contribution is 0.0161. The van der Waals surface area contributed by atoms with Crippen LogP contribution in [-0.4, -0.2) is 42.7 Å². The van der Waals surface area contributed by atoms with Crippen LogP contribution in [0.25, 0.3) is 0 Å². The molecule has 2 aromatic rings. The highest BCUT2D eigenvalue weighted by molar-refractivity contribution is 6.30. The number of nitrogens with one attached hydrogen (secondary N) is 1. The summed E-state index contributed by atoms with van der Waals surface area (Å²) in [6, 6.07) is 14.4. The number of morpholine rings is 1. The van der Waals surface area contributed by atoms with E-state index in [9.17, 15) is 0 Å². The lowest BCUT2D eigenvalue weighted by atomic mass is 10.0. The van der Waals surface area contributed by atoms with E-state index in [2.05, 4.69) is 27.3 Å². The van der Waals surface area contributed by atoms with Crippen molar-refractivity contribution in [3.05, 3.63) is 64.9 Å². The van der Waals surface area contributed by atoms with Crippen molar-refractivity contribution in [2.45, 2.75) is 12.6 Å². The second kappa shape index (κ2) is 8.41. The molecule has 0 radical (unpaired) electrons. The van der Waals surface area contributed by atoms with Crippen LogP contribution in [0, 0.1) is 0 Å². The molecule has 1 saturated heterocycles. The predicted octanol–water partition coefficient (Wildman–Crippen LogP) is 2.90. The molecule has 23 heavy (non-hydrogen) atoms. The Balaban J connectivity index is 1.67. The van der Waals surface area contributed by atoms with Gasteiger partial charge in [-0.25, -0.2) is 0 Å². The molecule has 0 unspecified atom stereocenters. The molecule has 2 heterocycles. The Labute approximate surface area is 142 Å². The third kappa shape index (κ3) is 4.75. The molecule has 0 spiro atoms. The van der Waals surface area contributed by atoms with Crippen LogP contribution in [0.5, 0.6) is 0 Å². The third-order valence-electron chi connectivity index (χ3n) is 4.09. The highest BCUT2D eigenvalue weighted by atomic mass is 35.5. The Morgan fingerprint density at radius 3 is 2.78 bits per heavy atom. The SMILES string of the molecule is Clc1cccc([C@H](CNCc2ccccn2)N2CCOCC2)c1. The van der Waals surface area contributed by atoms with Crippen LogP contribution < -0.4 is 5.32 Å². The second-order valence-corrected chi connectivity index (χ2v) is 6.11. The minimum atomic E-state index is 0.293. The van der Waals surface area contributed by atoms with Crippen molar-refractivity contribution in [2.24, 2.45) is 0 Å². The third-order valence-corrected chi connectivity index (χ3v) is 4.32. The Morgan fingerprint density at radius 2 is 2.04 bits per heavy atom. The van der Waals surface area contributed by atoms with E-state index in [1.807, 2.05) is 36.5 Å². The van der Waals surface area contributed by atoms with Gasteiger partial charge in [0.25, 0.3) is 0 Å². The first-order valence-electron chi connectivity index (χ1n) is 8.01. The van der Waals surface area contributed by atoms with E-state index in [-0.39, 0.29) is 0 Å². The van der Waals surface area contributed by atoms with Crippen LogP contribution in [0.4, 0.5) is 0 Å². The van der Waals surface area contributed by atoms with E-state index >= 15 is 0 Å². The van der Waals surface area contributed by atoms with E-state index in [1.54, 1.807) is 0 Å². The summed E-state index contributed by atoms with van der Waals surface area (Å²) in [5.41, 5.74) is 2.30. The van der Waals surface area contributed by atoms with E-state index in [1.165, 1.54) is 5.56 Å². The maximum absolute atomic E-state index is 6.18. The zero-order valence-electron chi connectivity index (χ0n) is 13.1. The van der Waals surface area contributed by atoms with Gasteiger partial charge in [-0.05, 0) is 29.8 Å². The highest BCUT2D eigenvalue weighted by Gasteiger charge is 2.22. The summed E-state index contributed by atoms with van der Waals surface area (Å²) in [6.07, 6.45) is 1.83. The molecule has 122 valence electrons. The molecular formula is C18H22ClN3O. The van der Waals surface area contributed by atoms with Crippen molar-refractivity contribution < 1.29 is 4.74 Å². The van der Waals surface area contributed by atoms with Crippen LogP contribution in [0.15, 0.2) is 48.7 Å². The number of aromatic nitrogens is 1. The summed E-state index contributed by atoms with van der Waals surface area (Å²) in [5.74, 6) is 0. The number of pyridine rings is 1. The van der Waals surface area contributed by atoms with E-state index in [4.69, 9.17) is 16.3 Å². The van der Waals surface area contributed by atoms with Crippen LogP contribution >= 0.6 is 11.6 Å². The largest absolute Gasteiger partial charge is 0.379 e. The normalized spacial score (nSPS) is 17.1.